The van der Waals surface area contributed by atoms with E-state index >= 15 is 0 Å². The zero-order valence-electron chi connectivity index (χ0n) is 10.4. The molecule has 0 saturated carbocycles. The summed E-state index contributed by atoms with van der Waals surface area (Å²) in [4.78, 5) is 16.2. The second-order valence-corrected chi connectivity index (χ2v) is 4.27. The van der Waals surface area contributed by atoms with Gasteiger partial charge in [0.15, 0.2) is 0 Å². The molecule has 0 fully saturated rings. The van der Waals surface area contributed by atoms with E-state index in [0.29, 0.717) is 12.1 Å². The molecule has 0 aliphatic rings. The first-order chi connectivity index (χ1) is 8.72. The summed E-state index contributed by atoms with van der Waals surface area (Å²) in [6, 6.07) is 9.07. The fourth-order valence-electron chi connectivity index (χ4n) is 1.87. The molecular formula is C14H17N3O. The van der Waals surface area contributed by atoms with E-state index in [1.54, 1.807) is 6.20 Å². The molecule has 0 radical (unpaired) electrons. The summed E-state index contributed by atoms with van der Waals surface area (Å²) in [5.74, 6) is -0.157. The van der Waals surface area contributed by atoms with Crippen LogP contribution in [-0.4, -0.2) is 16.9 Å². The van der Waals surface area contributed by atoms with E-state index < -0.39 is 6.04 Å². The number of nitrogens with two attached hydrogens (primary N) is 1. The van der Waals surface area contributed by atoms with Crippen LogP contribution in [0.2, 0.25) is 0 Å². The molecule has 4 heteroatoms. The average molecular weight is 243 g/mol. The highest BCUT2D eigenvalue weighted by atomic mass is 16.2. The molecule has 1 amide bonds. The van der Waals surface area contributed by atoms with E-state index in [1.807, 2.05) is 37.3 Å². The maximum Gasteiger partial charge on any atom is 0.241 e. The molecule has 1 heterocycles. The fraction of sp³-hybridized carbons (Fsp3) is 0.286. The first-order valence-electron chi connectivity index (χ1n) is 6.12. The molecule has 0 spiro atoms. The van der Waals surface area contributed by atoms with Crippen LogP contribution in [-0.2, 0) is 4.79 Å². The molecule has 94 valence electrons. The Morgan fingerprint density at radius 3 is 2.94 bits per heavy atom. The summed E-state index contributed by atoms with van der Waals surface area (Å²) in [5, 5.41) is 3.84. The van der Waals surface area contributed by atoms with Crippen LogP contribution in [0, 0.1) is 0 Å². The largest absolute Gasteiger partial charge is 0.323 e. The maximum absolute atomic E-state index is 11.9. The molecule has 0 aliphatic heterocycles. The summed E-state index contributed by atoms with van der Waals surface area (Å²) < 4.78 is 0. The van der Waals surface area contributed by atoms with Crippen molar-refractivity contribution >= 4 is 22.5 Å². The first-order valence-corrected chi connectivity index (χ1v) is 6.12. The monoisotopic (exact) mass is 243 g/mol. The molecule has 0 bridgehead atoms. The molecule has 1 aromatic carbocycles. The number of nitrogens with one attached hydrogen (secondary N) is 1. The van der Waals surface area contributed by atoms with E-state index in [-0.39, 0.29) is 5.91 Å². The Labute approximate surface area is 106 Å². The minimum absolute atomic E-state index is 0.157. The second kappa shape index (κ2) is 5.60. The van der Waals surface area contributed by atoms with Gasteiger partial charge in [-0.2, -0.15) is 0 Å². The number of para-hydroxylation sites is 1. The van der Waals surface area contributed by atoms with E-state index in [4.69, 9.17) is 5.73 Å². The number of aromatic nitrogens is 1. The normalized spacial score (nSPS) is 12.3. The number of nitrogens with zero attached hydrogens (tertiary/aromatic N) is 1. The summed E-state index contributed by atoms with van der Waals surface area (Å²) in [6.07, 6.45) is 3.29. The number of fused-ring (bicyclic) bond motifs is 1. The Bertz CT molecular complexity index is 548. The molecule has 3 N–H and O–H groups in total. The van der Waals surface area contributed by atoms with Gasteiger partial charge in [-0.15, -0.1) is 0 Å². The Morgan fingerprint density at radius 2 is 2.17 bits per heavy atom. The molecule has 1 unspecified atom stereocenters. The molecule has 1 aromatic heterocycles. The van der Waals surface area contributed by atoms with Crippen LogP contribution >= 0.6 is 0 Å². The maximum atomic E-state index is 11.9. The van der Waals surface area contributed by atoms with Gasteiger partial charge in [-0.05, 0) is 18.6 Å². The predicted molar refractivity (Wildman–Crippen MR) is 73.3 cm³/mol. The molecule has 4 nitrogen and oxygen atoms in total. The lowest BCUT2D eigenvalue weighted by Crippen LogP contribution is -2.35. The zero-order valence-corrected chi connectivity index (χ0v) is 10.4. The van der Waals surface area contributed by atoms with Crippen LogP contribution in [0.1, 0.15) is 19.8 Å². The zero-order chi connectivity index (χ0) is 13.0. The number of pyridine rings is 1. The lowest BCUT2D eigenvalue weighted by atomic mass is 10.1. The topological polar surface area (TPSA) is 68.0 Å². The molecule has 2 rings (SSSR count). The van der Waals surface area contributed by atoms with Crippen LogP contribution in [0.5, 0.6) is 0 Å². The number of hydrogen-bond acceptors (Lipinski definition) is 3. The molecule has 2 aromatic rings. The van der Waals surface area contributed by atoms with Gasteiger partial charge < -0.3 is 11.1 Å². The third-order valence-electron chi connectivity index (χ3n) is 2.83. The third-order valence-corrected chi connectivity index (χ3v) is 2.83. The standard InChI is InChI=1S/C14H17N3O/c1-2-5-11(15)14(18)17-12-8-3-6-10-7-4-9-16-13(10)12/h3-4,6-9,11H,2,5,15H2,1H3,(H,17,18). The van der Waals surface area contributed by atoms with Gasteiger partial charge in [0.05, 0.1) is 17.2 Å². The molecule has 0 aliphatic carbocycles. The molecule has 1 atom stereocenters. The fourth-order valence-corrected chi connectivity index (χ4v) is 1.87. The van der Waals surface area contributed by atoms with E-state index in [9.17, 15) is 4.79 Å². The quantitative estimate of drug-likeness (QED) is 0.865. The van der Waals surface area contributed by atoms with E-state index in [1.165, 1.54) is 0 Å². The minimum Gasteiger partial charge on any atom is -0.323 e. The number of rotatable bonds is 4. The number of amides is 1. The van der Waals surface area contributed by atoms with Gasteiger partial charge in [0, 0.05) is 11.6 Å². The second-order valence-electron chi connectivity index (χ2n) is 4.27. The Balaban J connectivity index is 2.24. The van der Waals surface area contributed by atoms with Crippen molar-refractivity contribution in [2.75, 3.05) is 5.32 Å². The number of benzene rings is 1. The van der Waals surface area contributed by atoms with Crippen molar-refractivity contribution in [2.45, 2.75) is 25.8 Å². The van der Waals surface area contributed by atoms with Crippen molar-refractivity contribution in [1.29, 1.82) is 0 Å². The smallest absolute Gasteiger partial charge is 0.241 e. The van der Waals surface area contributed by atoms with Crippen LogP contribution in [0.3, 0.4) is 0 Å². The number of anilines is 1. The average Bonchev–Trinajstić information content (AvgIpc) is 2.39. The molecule has 0 saturated heterocycles. The van der Waals surface area contributed by atoms with Crippen molar-refractivity contribution in [2.24, 2.45) is 5.73 Å². The Morgan fingerprint density at radius 1 is 1.39 bits per heavy atom. The molecule has 18 heavy (non-hydrogen) atoms. The van der Waals surface area contributed by atoms with Gasteiger partial charge in [-0.3, -0.25) is 9.78 Å². The highest BCUT2D eigenvalue weighted by Gasteiger charge is 2.13. The van der Waals surface area contributed by atoms with Gasteiger partial charge in [0.25, 0.3) is 0 Å². The highest BCUT2D eigenvalue weighted by Crippen LogP contribution is 2.20. The number of carbonyl (C=O) groups is 1. The van der Waals surface area contributed by atoms with Crippen LogP contribution in [0.25, 0.3) is 10.9 Å². The van der Waals surface area contributed by atoms with Gasteiger partial charge >= 0.3 is 0 Å². The lowest BCUT2D eigenvalue weighted by Gasteiger charge is -2.12. The van der Waals surface area contributed by atoms with Gasteiger partial charge in [-0.1, -0.05) is 31.5 Å². The SMILES string of the molecule is CCCC(N)C(=O)Nc1cccc2cccnc12. The predicted octanol–water partition coefficient (Wildman–Crippen LogP) is 2.30. The lowest BCUT2D eigenvalue weighted by molar-refractivity contribution is -0.117. The van der Waals surface area contributed by atoms with Gasteiger partial charge in [0.2, 0.25) is 5.91 Å². The van der Waals surface area contributed by atoms with E-state index in [0.717, 1.165) is 17.3 Å². The Hall–Kier alpha value is -1.94. The van der Waals surface area contributed by atoms with Crippen molar-refractivity contribution in [3.63, 3.8) is 0 Å². The summed E-state index contributed by atoms with van der Waals surface area (Å²) in [5.41, 5.74) is 7.29. The first kappa shape index (κ1) is 12.5. The molecular weight excluding hydrogens is 226 g/mol. The van der Waals surface area contributed by atoms with Crippen molar-refractivity contribution < 1.29 is 4.79 Å². The van der Waals surface area contributed by atoms with E-state index in [2.05, 4.69) is 10.3 Å². The van der Waals surface area contributed by atoms with Gasteiger partial charge in [0.1, 0.15) is 0 Å². The highest BCUT2D eigenvalue weighted by molar-refractivity contribution is 6.02. The van der Waals surface area contributed by atoms with Crippen LogP contribution in [0.4, 0.5) is 5.69 Å². The third kappa shape index (κ3) is 2.65. The van der Waals surface area contributed by atoms with Crippen molar-refractivity contribution in [1.82, 2.24) is 4.98 Å². The van der Waals surface area contributed by atoms with Crippen LogP contribution < -0.4 is 11.1 Å². The minimum atomic E-state index is -0.464. The van der Waals surface area contributed by atoms with Crippen LogP contribution in [0.15, 0.2) is 36.5 Å². The Kier molecular flexibility index (Phi) is 3.89. The summed E-state index contributed by atoms with van der Waals surface area (Å²) in [6.45, 7) is 2.01. The summed E-state index contributed by atoms with van der Waals surface area (Å²) >= 11 is 0. The number of hydrogen-bond donors (Lipinski definition) is 2. The van der Waals surface area contributed by atoms with Crippen molar-refractivity contribution in [3.8, 4) is 0 Å². The summed E-state index contributed by atoms with van der Waals surface area (Å²) in [7, 11) is 0. The van der Waals surface area contributed by atoms with Crippen molar-refractivity contribution in [3.05, 3.63) is 36.5 Å². The van der Waals surface area contributed by atoms with Gasteiger partial charge in [-0.25, -0.2) is 0 Å². The number of carbonyl (C=O) groups excluding carboxylic acids is 1.